The van der Waals surface area contributed by atoms with Gasteiger partial charge in [0.2, 0.25) is 15.0 Å². The summed E-state index contributed by atoms with van der Waals surface area (Å²) in [4.78, 5) is 17.5. The fourth-order valence-electron chi connectivity index (χ4n) is 1.92. The number of rotatable bonds is 3. The van der Waals surface area contributed by atoms with E-state index in [-0.39, 0.29) is 24.0 Å². The van der Waals surface area contributed by atoms with Crippen molar-refractivity contribution in [1.29, 1.82) is 0 Å². The van der Waals surface area contributed by atoms with E-state index in [1.807, 2.05) is 6.07 Å². The highest BCUT2D eigenvalue weighted by molar-refractivity contribution is 14.1. The summed E-state index contributed by atoms with van der Waals surface area (Å²) in [6.07, 6.45) is 1.86. The van der Waals surface area contributed by atoms with Crippen LogP contribution in [0.1, 0.15) is 6.42 Å². The van der Waals surface area contributed by atoms with Gasteiger partial charge in [0, 0.05) is 39.3 Å². The van der Waals surface area contributed by atoms with Gasteiger partial charge in [-0.2, -0.15) is 0 Å². The van der Waals surface area contributed by atoms with Crippen molar-refractivity contribution in [2.75, 3.05) is 17.2 Å². The number of amides is 1. The van der Waals surface area contributed by atoms with Crippen molar-refractivity contribution in [3.63, 3.8) is 0 Å². The maximum absolute atomic E-state index is 11.8. The van der Waals surface area contributed by atoms with Crippen molar-refractivity contribution < 1.29 is 13.2 Å². The van der Waals surface area contributed by atoms with E-state index in [9.17, 15) is 13.2 Å². The summed E-state index contributed by atoms with van der Waals surface area (Å²) in [6, 6.07) is 3.60. The van der Waals surface area contributed by atoms with Gasteiger partial charge in [0.25, 0.3) is 0 Å². The molecule has 5 nitrogen and oxygen atoms in total. The summed E-state index contributed by atoms with van der Waals surface area (Å²) in [5.41, 5.74) is 0. The summed E-state index contributed by atoms with van der Waals surface area (Å²) < 4.78 is 23.0. The van der Waals surface area contributed by atoms with Crippen molar-refractivity contribution in [2.24, 2.45) is 5.92 Å². The number of halogens is 2. The van der Waals surface area contributed by atoms with Crippen LogP contribution in [-0.2, 0) is 13.8 Å². The van der Waals surface area contributed by atoms with E-state index in [4.69, 9.17) is 10.7 Å². The third kappa shape index (κ3) is 3.55. The highest BCUT2D eigenvalue weighted by Crippen LogP contribution is 2.25. The van der Waals surface area contributed by atoms with Gasteiger partial charge >= 0.3 is 0 Å². The number of carbonyl (C=O) groups excluding carboxylic acids is 1. The summed E-state index contributed by atoms with van der Waals surface area (Å²) in [5, 5.41) is 0. The number of pyridine rings is 1. The van der Waals surface area contributed by atoms with Crippen LogP contribution in [0, 0.1) is 9.49 Å². The second kappa shape index (κ2) is 5.30. The molecule has 98 valence electrons. The van der Waals surface area contributed by atoms with Gasteiger partial charge in [-0.05, 0) is 34.7 Å². The van der Waals surface area contributed by atoms with Crippen LogP contribution in [0.3, 0.4) is 0 Å². The van der Waals surface area contributed by atoms with E-state index in [1.165, 1.54) is 4.90 Å². The Morgan fingerprint density at radius 3 is 2.78 bits per heavy atom. The zero-order valence-corrected chi connectivity index (χ0v) is 12.9. The SMILES string of the molecule is O=C1CC(CS(=O)(=O)Cl)CN1c1ccc(I)cn1. The molecule has 0 bridgehead atoms. The van der Waals surface area contributed by atoms with E-state index >= 15 is 0 Å². The van der Waals surface area contributed by atoms with Gasteiger partial charge in [-0.1, -0.05) is 0 Å². The number of aromatic nitrogens is 1. The van der Waals surface area contributed by atoms with Gasteiger partial charge in [-0.3, -0.25) is 9.69 Å². The van der Waals surface area contributed by atoms with Crippen LogP contribution < -0.4 is 4.90 Å². The molecule has 1 saturated heterocycles. The molecule has 1 unspecified atom stereocenters. The molecule has 0 aliphatic carbocycles. The summed E-state index contributed by atoms with van der Waals surface area (Å²) >= 11 is 2.12. The van der Waals surface area contributed by atoms with E-state index in [2.05, 4.69) is 27.6 Å². The number of hydrogen-bond donors (Lipinski definition) is 0. The van der Waals surface area contributed by atoms with E-state index < -0.39 is 9.05 Å². The summed E-state index contributed by atoms with van der Waals surface area (Å²) in [7, 11) is 1.63. The molecule has 1 aromatic heterocycles. The number of anilines is 1. The first kappa shape index (κ1) is 14.0. The van der Waals surface area contributed by atoms with Crippen LogP contribution in [0.4, 0.5) is 5.82 Å². The van der Waals surface area contributed by atoms with Crippen LogP contribution in [-0.4, -0.2) is 31.6 Å². The van der Waals surface area contributed by atoms with Crippen molar-refractivity contribution in [1.82, 2.24) is 4.98 Å². The Morgan fingerprint density at radius 1 is 1.50 bits per heavy atom. The monoisotopic (exact) mass is 400 g/mol. The molecule has 1 aromatic rings. The zero-order valence-electron chi connectivity index (χ0n) is 9.21. The van der Waals surface area contributed by atoms with Gasteiger partial charge in [-0.15, -0.1) is 0 Å². The maximum atomic E-state index is 11.8. The molecule has 8 heteroatoms. The first-order valence-electron chi connectivity index (χ1n) is 5.19. The highest BCUT2D eigenvalue weighted by atomic mass is 127. The molecule has 1 atom stereocenters. The smallest absolute Gasteiger partial charge is 0.232 e. The van der Waals surface area contributed by atoms with Crippen LogP contribution in [0.15, 0.2) is 18.3 Å². The van der Waals surface area contributed by atoms with Crippen molar-refractivity contribution in [3.05, 3.63) is 21.9 Å². The number of hydrogen-bond acceptors (Lipinski definition) is 4. The molecule has 2 heterocycles. The predicted octanol–water partition coefficient (Wildman–Crippen LogP) is 1.61. The third-order valence-corrected chi connectivity index (χ3v) is 4.51. The van der Waals surface area contributed by atoms with Crippen LogP contribution >= 0.6 is 33.3 Å². The molecule has 1 fully saturated rings. The van der Waals surface area contributed by atoms with E-state index in [1.54, 1.807) is 12.3 Å². The minimum absolute atomic E-state index is 0.117. The topological polar surface area (TPSA) is 67.3 Å². The molecule has 1 aliphatic rings. The Bertz CT molecular complexity index is 561. The molecule has 0 N–H and O–H groups in total. The van der Waals surface area contributed by atoms with Crippen LogP contribution in [0.2, 0.25) is 0 Å². The lowest BCUT2D eigenvalue weighted by Gasteiger charge is -2.15. The fraction of sp³-hybridized carbons (Fsp3) is 0.400. The lowest BCUT2D eigenvalue weighted by atomic mass is 10.1. The largest absolute Gasteiger partial charge is 0.296 e. The second-order valence-corrected chi connectivity index (χ2v) is 8.18. The van der Waals surface area contributed by atoms with Gasteiger partial charge in [-0.25, -0.2) is 13.4 Å². The van der Waals surface area contributed by atoms with Gasteiger partial charge in [0.1, 0.15) is 5.82 Å². The molecule has 0 saturated carbocycles. The Hall–Kier alpha value is -0.410. The van der Waals surface area contributed by atoms with Crippen molar-refractivity contribution in [2.45, 2.75) is 6.42 Å². The summed E-state index contributed by atoms with van der Waals surface area (Å²) in [6.45, 7) is 0.346. The first-order valence-corrected chi connectivity index (χ1v) is 8.75. The van der Waals surface area contributed by atoms with E-state index in [0.717, 1.165) is 3.57 Å². The molecular weight excluding hydrogens is 391 g/mol. The van der Waals surface area contributed by atoms with Gasteiger partial charge in [0.15, 0.2) is 0 Å². The molecular formula is C10H10ClIN2O3S. The second-order valence-electron chi connectivity index (χ2n) is 4.11. The maximum Gasteiger partial charge on any atom is 0.232 e. The molecule has 2 rings (SSSR count). The van der Waals surface area contributed by atoms with Crippen LogP contribution in [0.5, 0.6) is 0 Å². The molecule has 1 amide bonds. The molecule has 0 aromatic carbocycles. The normalized spacial score (nSPS) is 20.4. The number of carbonyl (C=O) groups is 1. The molecule has 0 spiro atoms. The molecule has 18 heavy (non-hydrogen) atoms. The minimum Gasteiger partial charge on any atom is -0.296 e. The lowest BCUT2D eigenvalue weighted by Crippen LogP contribution is -2.26. The average molecular weight is 401 g/mol. The van der Waals surface area contributed by atoms with Crippen molar-refractivity contribution in [3.8, 4) is 0 Å². The Balaban J connectivity index is 2.12. The fourth-order valence-corrected chi connectivity index (χ4v) is 3.56. The predicted molar refractivity (Wildman–Crippen MR) is 77.1 cm³/mol. The zero-order chi connectivity index (χ0) is 13.3. The Morgan fingerprint density at radius 2 is 2.22 bits per heavy atom. The Labute approximate surface area is 123 Å². The number of nitrogens with zero attached hydrogens (tertiary/aromatic N) is 2. The van der Waals surface area contributed by atoms with Crippen LogP contribution in [0.25, 0.3) is 0 Å². The minimum atomic E-state index is -3.57. The molecule has 1 aliphatic heterocycles. The average Bonchev–Trinajstić information content (AvgIpc) is 2.58. The van der Waals surface area contributed by atoms with Gasteiger partial charge < -0.3 is 0 Å². The highest BCUT2D eigenvalue weighted by Gasteiger charge is 2.33. The standard InChI is InChI=1S/C10H10ClIN2O3S/c11-18(16,17)6-7-3-10(15)14(5-7)9-2-1-8(12)4-13-9/h1-2,4,7H,3,5-6H2. The third-order valence-electron chi connectivity index (χ3n) is 2.63. The Kier molecular flexibility index (Phi) is 4.12. The van der Waals surface area contributed by atoms with E-state index in [0.29, 0.717) is 12.4 Å². The summed E-state index contributed by atoms with van der Waals surface area (Å²) in [5.74, 6) is -0.00811. The first-order chi connectivity index (χ1) is 8.35. The van der Waals surface area contributed by atoms with Crippen molar-refractivity contribution >= 4 is 54.0 Å². The quantitative estimate of drug-likeness (QED) is 0.571. The lowest BCUT2D eigenvalue weighted by molar-refractivity contribution is -0.117. The molecule has 0 radical (unpaired) electrons. The van der Waals surface area contributed by atoms with Gasteiger partial charge in [0.05, 0.1) is 5.75 Å².